The maximum Gasteiger partial charge on any atom is 0.319 e. The first kappa shape index (κ1) is 17.2. The van der Waals surface area contributed by atoms with Crippen molar-refractivity contribution in [2.75, 3.05) is 13.2 Å². The summed E-state index contributed by atoms with van der Waals surface area (Å²) >= 11 is 0. The van der Waals surface area contributed by atoms with Crippen LogP contribution in [0.5, 0.6) is 0 Å². The van der Waals surface area contributed by atoms with Gasteiger partial charge < -0.3 is 9.84 Å². The summed E-state index contributed by atoms with van der Waals surface area (Å²) in [5.74, 6) is -0.214. The maximum absolute atomic E-state index is 12.6. The number of hydrogen-bond donors (Lipinski definition) is 1. The molecule has 0 heterocycles. The number of esters is 1. The monoisotopic (exact) mass is 308 g/mol. The van der Waals surface area contributed by atoms with E-state index >= 15 is 0 Å². The molecule has 1 N–H and O–H groups in total. The number of fused-ring (bicyclic) bond motifs is 1. The number of aliphatic hydroxyl groups is 1. The summed E-state index contributed by atoms with van der Waals surface area (Å²) < 4.78 is 5.24. The average Bonchev–Trinajstić information content (AvgIpc) is 2.47. The molecular weight excluding hydrogens is 280 g/mol. The molecular formula is C18H28O4. The highest BCUT2D eigenvalue weighted by molar-refractivity contribution is 6.04. The lowest BCUT2D eigenvalue weighted by atomic mass is 9.47. The van der Waals surface area contributed by atoms with Gasteiger partial charge in [-0.1, -0.05) is 18.6 Å². The molecule has 0 spiro atoms. The van der Waals surface area contributed by atoms with Gasteiger partial charge in [0.2, 0.25) is 0 Å². The fraction of sp³-hybridized carbons (Fsp3) is 0.778. The van der Waals surface area contributed by atoms with Gasteiger partial charge in [-0.3, -0.25) is 9.59 Å². The number of carbonyl (C=O) groups excluding carboxylic acids is 2. The van der Waals surface area contributed by atoms with Crippen LogP contribution in [0.15, 0.2) is 11.6 Å². The lowest BCUT2D eigenvalue weighted by Gasteiger charge is -2.55. The van der Waals surface area contributed by atoms with Gasteiger partial charge in [-0.2, -0.15) is 0 Å². The van der Waals surface area contributed by atoms with E-state index in [1.54, 1.807) is 13.8 Å². The molecule has 0 unspecified atom stereocenters. The van der Waals surface area contributed by atoms with E-state index < -0.39 is 5.41 Å². The second kappa shape index (κ2) is 6.15. The van der Waals surface area contributed by atoms with Gasteiger partial charge in [0.05, 0.1) is 6.61 Å². The van der Waals surface area contributed by atoms with Gasteiger partial charge in [-0.25, -0.2) is 0 Å². The molecule has 2 aliphatic rings. The fourth-order valence-electron chi connectivity index (χ4n) is 4.78. The van der Waals surface area contributed by atoms with Crippen molar-refractivity contribution < 1.29 is 19.4 Å². The molecule has 0 aromatic carbocycles. The van der Waals surface area contributed by atoms with Gasteiger partial charge in [0.25, 0.3) is 0 Å². The van der Waals surface area contributed by atoms with Gasteiger partial charge in [-0.05, 0) is 57.3 Å². The Labute approximate surface area is 132 Å². The molecule has 22 heavy (non-hydrogen) atoms. The van der Waals surface area contributed by atoms with E-state index in [-0.39, 0.29) is 35.6 Å². The zero-order valence-electron chi connectivity index (χ0n) is 14.1. The Morgan fingerprint density at radius 2 is 2.14 bits per heavy atom. The summed E-state index contributed by atoms with van der Waals surface area (Å²) in [5.41, 5.74) is 0.0682. The second-order valence-electron chi connectivity index (χ2n) is 7.15. The van der Waals surface area contributed by atoms with Crippen molar-refractivity contribution >= 4 is 11.8 Å². The molecule has 0 amide bonds. The largest absolute Gasteiger partial charge is 0.465 e. The summed E-state index contributed by atoms with van der Waals surface area (Å²) in [6, 6.07) is 0. The minimum atomic E-state index is -1.06. The third-order valence-corrected chi connectivity index (χ3v) is 6.10. The highest BCUT2D eigenvalue weighted by Crippen LogP contribution is 2.59. The smallest absolute Gasteiger partial charge is 0.319 e. The SMILES string of the molecule is CCOC(=O)[C@@]1(C)C(=O)CC[C@]2(C)[C@@H](CCO)C(C)=CC[C@@H]12. The van der Waals surface area contributed by atoms with E-state index in [4.69, 9.17) is 4.74 Å². The Morgan fingerprint density at radius 3 is 2.73 bits per heavy atom. The topological polar surface area (TPSA) is 63.6 Å². The Bertz CT molecular complexity index is 495. The van der Waals surface area contributed by atoms with E-state index in [2.05, 4.69) is 19.9 Å². The first-order chi connectivity index (χ1) is 10.3. The Morgan fingerprint density at radius 1 is 1.45 bits per heavy atom. The summed E-state index contributed by atoms with van der Waals surface area (Å²) in [7, 11) is 0. The molecule has 4 heteroatoms. The first-order valence-electron chi connectivity index (χ1n) is 8.30. The molecule has 1 fully saturated rings. The number of ketones is 1. The second-order valence-corrected chi connectivity index (χ2v) is 7.15. The van der Waals surface area contributed by atoms with Crippen LogP contribution in [0.3, 0.4) is 0 Å². The minimum absolute atomic E-state index is 0.00382. The summed E-state index contributed by atoms with van der Waals surface area (Å²) in [6.07, 6.45) is 4.75. The van der Waals surface area contributed by atoms with Crippen molar-refractivity contribution in [2.45, 2.75) is 53.4 Å². The summed E-state index contributed by atoms with van der Waals surface area (Å²) in [5, 5.41) is 9.43. The van der Waals surface area contributed by atoms with Crippen LogP contribution in [0.4, 0.5) is 0 Å². The Hall–Kier alpha value is -1.16. The van der Waals surface area contributed by atoms with Gasteiger partial charge in [0.15, 0.2) is 0 Å². The van der Waals surface area contributed by atoms with Crippen LogP contribution in [-0.4, -0.2) is 30.1 Å². The van der Waals surface area contributed by atoms with Crippen LogP contribution in [0, 0.1) is 22.7 Å². The number of aliphatic hydroxyl groups excluding tert-OH is 1. The number of hydrogen-bond acceptors (Lipinski definition) is 4. The molecule has 0 radical (unpaired) electrons. The van der Waals surface area contributed by atoms with Crippen molar-refractivity contribution in [1.82, 2.24) is 0 Å². The van der Waals surface area contributed by atoms with E-state index in [0.717, 1.165) is 12.8 Å². The fourth-order valence-corrected chi connectivity index (χ4v) is 4.78. The number of carbonyl (C=O) groups is 2. The van der Waals surface area contributed by atoms with Crippen molar-refractivity contribution in [3.05, 3.63) is 11.6 Å². The zero-order chi connectivity index (χ0) is 16.5. The zero-order valence-corrected chi connectivity index (χ0v) is 14.1. The maximum atomic E-state index is 12.6. The lowest BCUT2D eigenvalue weighted by Crippen LogP contribution is -2.57. The standard InChI is InChI=1S/C18H28O4/c1-5-22-16(21)18(4)14-7-6-12(2)13(9-11-19)17(14,3)10-8-15(18)20/h6,13-14,19H,5,7-11H2,1-4H3/t13-,14+,17+,18+/m0/s1. The normalized spacial score (nSPS) is 38.2. The van der Waals surface area contributed by atoms with E-state index in [0.29, 0.717) is 19.4 Å². The predicted molar refractivity (Wildman–Crippen MR) is 84.1 cm³/mol. The van der Waals surface area contributed by atoms with Gasteiger partial charge in [0.1, 0.15) is 11.2 Å². The van der Waals surface area contributed by atoms with Gasteiger partial charge in [0, 0.05) is 13.0 Å². The van der Waals surface area contributed by atoms with Crippen LogP contribution < -0.4 is 0 Å². The van der Waals surface area contributed by atoms with Crippen LogP contribution in [0.2, 0.25) is 0 Å². The molecule has 0 saturated heterocycles. The molecule has 0 aliphatic heterocycles. The third kappa shape index (κ3) is 2.41. The Balaban J connectivity index is 2.46. The molecule has 0 bridgehead atoms. The van der Waals surface area contributed by atoms with Crippen molar-refractivity contribution in [1.29, 1.82) is 0 Å². The van der Waals surface area contributed by atoms with Crippen molar-refractivity contribution in [3.63, 3.8) is 0 Å². The Kier molecular flexibility index (Phi) is 4.81. The van der Waals surface area contributed by atoms with Crippen LogP contribution in [0.1, 0.15) is 53.4 Å². The average molecular weight is 308 g/mol. The van der Waals surface area contributed by atoms with Gasteiger partial charge in [-0.15, -0.1) is 0 Å². The molecule has 1 saturated carbocycles. The van der Waals surface area contributed by atoms with Crippen LogP contribution in [0.25, 0.3) is 0 Å². The number of ether oxygens (including phenoxy) is 1. The third-order valence-electron chi connectivity index (χ3n) is 6.10. The number of allylic oxidation sites excluding steroid dienone is 2. The molecule has 4 atom stereocenters. The molecule has 4 nitrogen and oxygen atoms in total. The molecule has 0 aromatic heterocycles. The number of rotatable bonds is 4. The van der Waals surface area contributed by atoms with E-state index in [1.807, 2.05) is 0 Å². The molecule has 0 aromatic rings. The molecule has 2 rings (SSSR count). The minimum Gasteiger partial charge on any atom is -0.465 e. The van der Waals surface area contributed by atoms with Crippen LogP contribution in [-0.2, 0) is 14.3 Å². The summed E-state index contributed by atoms with van der Waals surface area (Å²) in [4.78, 5) is 25.2. The predicted octanol–water partition coefficient (Wildman–Crippen LogP) is 2.89. The lowest BCUT2D eigenvalue weighted by molar-refractivity contribution is -0.173. The van der Waals surface area contributed by atoms with Crippen molar-refractivity contribution in [2.24, 2.45) is 22.7 Å². The van der Waals surface area contributed by atoms with Gasteiger partial charge >= 0.3 is 5.97 Å². The number of Topliss-reactive ketones (excluding diaryl/α,β-unsaturated/α-hetero) is 1. The summed E-state index contributed by atoms with van der Waals surface area (Å²) in [6.45, 7) is 8.23. The highest BCUT2D eigenvalue weighted by Gasteiger charge is 2.61. The van der Waals surface area contributed by atoms with Crippen LogP contribution >= 0.6 is 0 Å². The first-order valence-corrected chi connectivity index (χ1v) is 8.30. The molecule has 124 valence electrons. The quantitative estimate of drug-likeness (QED) is 0.493. The van der Waals surface area contributed by atoms with Crippen molar-refractivity contribution in [3.8, 4) is 0 Å². The van der Waals surface area contributed by atoms with E-state index in [1.165, 1.54) is 5.57 Å². The highest BCUT2D eigenvalue weighted by atomic mass is 16.5. The van der Waals surface area contributed by atoms with E-state index in [9.17, 15) is 14.7 Å². The molecule has 2 aliphatic carbocycles.